The quantitative estimate of drug-likeness (QED) is 0.607. The zero-order valence-corrected chi connectivity index (χ0v) is 16.6. The number of amides is 1. The molecule has 0 spiro atoms. The fourth-order valence-electron chi connectivity index (χ4n) is 3.43. The van der Waals surface area contributed by atoms with Crippen molar-refractivity contribution in [2.24, 2.45) is 0 Å². The Balaban J connectivity index is 1.48. The molecule has 1 amide bonds. The predicted molar refractivity (Wildman–Crippen MR) is 111 cm³/mol. The summed E-state index contributed by atoms with van der Waals surface area (Å²) < 4.78 is 5.50. The van der Waals surface area contributed by atoms with E-state index in [0.717, 1.165) is 19.5 Å². The molecule has 0 saturated heterocycles. The zero-order valence-electron chi connectivity index (χ0n) is 16.6. The number of carbonyl (C=O) groups excluding carboxylic acids is 1. The molecule has 146 valence electrons. The van der Waals surface area contributed by atoms with Crippen molar-refractivity contribution >= 4 is 16.7 Å². The molecule has 0 aromatic heterocycles. The minimum atomic E-state index is 0.142. The van der Waals surface area contributed by atoms with Crippen molar-refractivity contribution < 1.29 is 9.53 Å². The Morgan fingerprint density at radius 2 is 1.96 bits per heavy atom. The third kappa shape index (κ3) is 6.33. The molecule has 1 aliphatic carbocycles. The van der Waals surface area contributed by atoms with Crippen LogP contribution >= 0.6 is 0 Å². The van der Waals surface area contributed by atoms with Gasteiger partial charge < -0.3 is 10.1 Å². The summed E-state index contributed by atoms with van der Waals surface area (Å²) >= 11 is 0. The Morgan fingerprint density at radius 3 is 2.74 bits per heavy atom. The summed E-state index contributed by atoms with van der Waals surface area (Å²) in [5.74, 6) is 0.142. The van der Waals surface area contributed by atoms with E-state index in [1.165, 1.54) is 29.2 Å². The first-order chi connectivity index (χ1) is 13.1. The second-order valence-electron chi connectivity index (χ2n) is 7.71. The van der Waals surface area contributed by atoms with Crippen LogP contribution in [0.3, 0.4) is 0 Å². The van der Waals surface area contributed by atoms with Gasteiger partial charge in [-0.15, -0.1) is 0 Å². The van der Waals surface area contributed by atoms with E-state index in [9.17, 15) is 4.79 Å². The molecule has 2 aromatic rings. The second-order valence-corrected chi connectivity index (χ2v) is 7.71. The predicted octanol–water partition coefficient (Wildman–Crippen LogP) is 4.13. The minimum absolute atomic E-state index is 0.142. The molecule has 1 aliphatic rings. The van der Waals surface area contributed by atoms with Crippen LogP contribution in [0.2, 0.25) is 0 Å². The van der Waals surface area contributed by atoms with Crippen LogP contribution in [0, 0.1) is 0 Å². The van der Waals surface area contributed by atoms with Crippen molar-refractivity contribution in [3.8, 4) is 0 Å². The Bertz CT molecular complexity index is 735. The molecule has 0 unspecified atom stereocenters. The van der Waals surface area contributed by atoms with E-state index in [-0.39, 0.29) is 12.0 Å². The molecular formula is C23H32N2O2. The molecular weight excluding hydrogens is 336 g/mol. The topological polar surface area (TPSA) is 41.6 Å². The molecule has 4 nitrogen and oxygen atoms in total. The van der Waals surface area contributed by atoms with E-state index < -0.39 is 0 Å². The molecule has 1 saturated carbocycles. The molecule has 0 aliphatic heterocycles. The first-order valence-electron chi connectivity index (χ1n) is 10.2. The lowest BCUT2D eigenvalue weighted by Gasteiger charge is -2.22. The van der Waals surface area contributed by atoms with E-state index in [4.69, 9.17) is 4.74 Å². The lowest BCUT2D eigenvalue weighted by molar-refractivity contribution is -0.121. The van der Waals surface area contributed by atoms with Gasteiger partial charge in [-0.3, -0.25) is 9.69 Å². The van der Waals surface area contributed by atoms with Crippen LogP contribution in [0.25, 0.3) is 10.8 Å². The van der Waals surface area contributed by atoms with Crippen molar-refractivity contribution in [2.45, 2.75) is 58.2 Å². The van der Waals surface area contributed by atoms with Crippen LogP contribution in [-0.2, 0) is 16.1 Å². The average molecular weight is 369 g/mol. The monoisotopic (exact) mass is 368 g/mol. The van der Waals surface area contributed by atoms with Crippen LogP contribution in [0.5, 0.6) is 0 Å². The maximum absolute atomic E-state index is 12.2. The number of hydrogen-bond donors (Lipinski definition) is 1. The fourth-order valence-corrected chi connectivity index (χ4v) is 3.43. The highest BCUT2D eigenvalue weighted by Gasteiger charge is 2.29. The molecule has 0 radical (unpaired) electrons. The van der Waals surface area contributed by atoms with Gasteiger partial charge in [-0.1, -0.05) is 42.5 Å². The Hall–Kier alpha value is -1.91. The molecule has 4 heteroatoms. The third-order valence-electron chi connectivity index (χ3n) is 5.04. The SMILES string of the molecule is CC(C)OCCCNC(=O)CCN(Cc1cccc2ccccc12)C1CC1. The van der Waals surface area contributed by atoms with Gasteiger partial charge in [-0.25, -0.2) is 0 Å². The van der Waals surface area contributed by atoms with Gasteiger partial charge in [-0.05, 0) is 49.4 Å². The number of hydrogen-bond acceptors (Lipinski definition) is 3. The molecule has 27 heavy (non-hydrogen) atoms. The highest BCUT2D eigenvalue weighted by molar-refractivity contribution is 5.85. The van der Waals surface area contributed by atoms with E-state index >= 15 is 0 Å². The van der Waals surface area contributed by atoms with Gasteiger partial charge in [0.05, 0.1) is 6.10 Å². The highest BCUT2D eigenvalue weighted by atomic mass is 16.5. The van der Waals surface area contributed by atoms with E-state index in [2.05, 4.69) is 52.7 Å². The zero-order chi connectivity index (χ0) is 19.1. The number of benzene rings is 2. The number of nitrogens with zero attached hydrogens (tertiary/aromatic N) is 1. The number of carbonyl (C=O) groups is 1. The molecule has 2 aromatic carbocycles. The normalized spacial score (nSPS) is 14.2. The van der Waals surface area contributed by atoms with E-state index in [1.807, 2.05) is 13.8 Å². The van der Waals surface area contributed by atoms with Gasteiger partial charge in [0.25, 0.3) is 0 Å². The van der Waals surface area contributed by atoms with Crippen LogP contribution < -0.4 is 5.32 Å². The Labute approximate surface area is 162 Å². The molecule has 1 fully saturated rings. The molecule has 0 bridgehead atoms. The van der Waals surface area contributed by atoms with Crippen molar-refractivity contribution in [3.05, 3.63) is 48.0 Å². The number of ether oxygens (including phenoxy) is 1. The molecule has 0 heterocycles. The summed E-state index contributed by atoms with van der Waals surface area (Å²) in [4.78, 5) is 14.6. The summed E-state index contributed by atoms with van der Waals surface area (Å²) in [6, 6.07) is 15.7. The maximum Gasteiger partial charge on any atom is 0.221 e. The van der Waals surface area contributed by atoms with Crippen LogP contribution in [0.4, 0.5) is 0 Å². The molecule has 0 atom stereocenters. The fraction of sp³-hybridized carbons (Fsp3) is 0.522. The van der Waals surface area contributed by atoms with Gasteiger partial charge in [-0.2, -0.15) is 0 Å². The minimum Gasteiger partial charge on any atom is -0.379 e. The third-order valence-corrected chi connectivity index (χ3v) is 5.04. The molecule has 3 rings (SSSR count). The number of fused-ring (bicyclic) bond motifs is 1. The number of rotatable bonds is 11. The van der Waals surface area contributed by atoms with E-state index in [1.54, 1.807) is 0 Å². The lowest BCUT2D eigenvalue weighted by Crippen LogP contribution is -2.32. The van der Waals surface area contributed by atoms with Crippen LogP contribution in [0.1, 0.15) is 45.1 Å². The van der Waals surface area contributed by atoms with Gasteiger partial charge in [0, 0.05) is 38.7 Å². The number of nitrogens with one attached hydrogen (secondary N) is 1. The summed E-state index contributed by atoms with van der Waals surface area (Å²) in [5, 5.41) is 5.62. The first-order valence-corrected chi connectivity index (χ1v) is 10.2. The van der Waals surface area contributed by atoms with Gasteiger partial charge in [0.1, 0.15) is 0 Å². The molecule has 1 N–H and O–H groups in total. The van der Waals surface area contributed by atoms with Crippen molar-refractivity contribution in [3.63, 3.8) is 0 Å². The standard InChI is InChI=1S/C23H32N2O2/c1-18(2)27-16-6-14-24-23(26)13-15-25(21-11-12-21)17-20-9-5-8-19-7-3-4-10-22(19)20/h3-5,7-10,18,21H,6,11-17H2,1-2H3,(H,24,26). The Kier molecular flexibility index (Phi) is 7.25. The second kappa shape index (κ2) is 9.86. The summed E-state index contributed by atoms with van der Waals surface area (Å²) in [6.45, 7) is 7.19. The Morgan fingerprint density at radius 1 is 1.19 bits per heavy atom. The maximum atomic E-state index is 12.2. The van der Waals surface area contributed by atoms with Crippen molar-refractivity contribution in [2.75, 3.05) is 19.7 Å². The van der Waals surface area contributed by atoms with Crippen molar-refractivity contribution in [1.29, 1.82) is 0 Å². The van der Waals surface area contributed by atoms with Crippen LogP contribution in [0.15, 0.2) is 42.5 Å². The largest absolute Gasteiger partial charge is 0.379 e. The van der Waals surface area contributed by atoms with E-state index in [0.29, 0.717) is 25.6 Å². The van der Waals surface area contributed by atoms with Crippen LogP contribution in [-0.4, -0.2) is 42.6 Å². The first kappa shape index (κ1) is 19.8. The van der Waals surface area contributed by atoms with Crippen molar-refractivity contribution in [1.82, 2.24) is 10.2 Å². The summed E-state index contributed by atoms with van der Waals surface area (Å²) in [7, 11) is 0. The highest BCUT2D eigenvalue weighted by Crippen LogP contribution is 2.30. The lowest BCUT2D eigenvalue weighted by atomic mass is 10.0. The average Bonchev–Trinajstić information content (AvgIpc) is 3.50. The summed E-state index contributed by atoms with van der Waals surface area (Å²) in [6.07, 6.45) is 4.18. The van der Waals surface area contributed by atoms with Gasteiger partial charge in [0.2, 0.25) is 5.91 Å². The van der Waals surface area contributed by atoms with Gasteiger partial charge in [0.15, 0.2) is 0 Å². The van der Waals surface area contributed by atoms with Gasteiger partial charge >= 0.3 is 0 Å². The smallest absolute Gasteiger partial charge is 0.221 e. The summed E-state index contributed by atoms with van der Waals surface area (Å²) in [5.41, 5.74) is 1.35.